The second-order valence-electron chi connectivity index (χ2n) is 6.50. The van der Waals surface area contributed by atoms with Crippen LogP contribution in [0.15, 0.2) is 0 Å². The van der Waals surface area contributed by atoms with Gasteiger partial charge in [0.25, 0.3) is 0 Å². The average molecular weight is 251 g/mol. The molecule has 0 rings (SSSR count). The second-order valence-corrected chi connectivity index (χ2v) is 7.25. The van der Waals surface area contributed by atoms with Crippen LogP contribution in [0.3, 0.4) is 0 Å². The molecule has 0 saturated heterocycles. The van der Waals surface area contributed by atoms with Gasteiger partial charge >= 0.3 is 0 Å². The van der Waals surface area contributed by atoms with E-state index in [9.17, 15) is 0 Å². The van der Waals surface area contributed by atoms with Crippen molar-refractivity contribution in [3.63, 3.8) is 0 Å². The number of hydrogen-bond donors (Lipinski definition) is 0. The summed E-state index contributed by atoms with van der Waals surface area (Å²) in [6.45, 7) is 14.4. The Kier molecular flexibility index (Phi) is 6.31. The molecule has 0 spiro atoms. The maximum absolute atomic E-state index is 5.97. The van der Waals surface area contributed by atoms with Gasteiger partial charge < -0.3 is 0 Å². The van der Waals surface area contributed by atoms with Gasteiger partial charge in [0.15, 0.2) is 0 Å². The van der Waals surface area contributed by atoms with Crippen molar-refractivity contribution in [3.8, 4) is 0 Å². The van der Waals surface area contributed by atoms with Crippen LogP contribution in [0.2, 0.25) is 0 Å². The normalized spacial score (nSPS) is 17.2. The molecule has 98 valence electrons. The van der Waals surface area contributed by atoms with E-state index in [-0.39, 0.29) is 22.5 Å². The third-order valence-electron chi connectivity index (χ3n) is 2.21. The third kappa shape index (κ3) is 8.37. The van der Waals surface area contributed by atoms with Crippen molar-refractivity contribution in [1.29, 1.82) is 0 Å². The van der Waals surface area contributed by atoms with Gasteiger partial charge in [0, 0.05) is 5.38 Å². The predicted molar refractivity (Wildman–Crippen MR) is 69.7 cm³/mol. The fraction of sp³-hybridized carbons (Fsp3) is 1.00. The van der Waals surface area contributed by atoms with Crippen LogP contribution in [0.4, 0.5) is 0 Å². The largest absolute Gasteiger partial charge is 0.232 e. The molecule has 0 aromatic rings. The SMILES string of the molecule is CC(Cl)CCC(OOC(C)(C)C)C(C)(C)C. The average Bonchev–Trinajstić information content (AvgIpc) is 1.98. The van der Waals surface area contributed by atoms with Crippen LogP contribution < -0.4 is 0 Å². The second kappa shape index (κ2) is 6.23. The number of hydrogen-bond acceptors (Lipinski definition) is 2. The van der Waals surface area contributed by atoms with Gasteiger partial charge in [-0.25, -0.2) is 9.78 Å². The highest BCUT2D eigenvalue weighted by molar-refractivity contribution is 6.20. The van der Waals surface area contributed by atoms with E-state index in [0.29, 0.717) is 0 Å². The maximum atomic E-state index is 5.97. The van der Waals surface area contributed by atoms with Crippen molar-refractivity contribution in [2.45, 2.75) is 78.4 Å². The quantitative estimate of drug-likeness (QED) is 0.405. The molecule has 2 unspecified atom stereocenters. The summed E-state index contributed by atoms with van der Waals surface area (Å²) in [4.78, 5) is 11.0. The van der Waals surface area contributed by atoms with Gasteiger partial charge in [-0.2, -0.15) is 0 Å². The lowest BCUT2D eigenvalue weighted by molar-refractivity contribution is -0.386. The fourth-order valence-corrected chi connectivity index (χ4v) is 1.33. The molecule has 0 saturated carbocycles. The van der Waals surface area contributed by atoms with Crippen LogP contribution in [-0.2, 0) is 9.78 Å². The van der Waals surface area contributed by atoms with Crippen molar-refractivity contribution in [2.75, 3.05) is 0 Å². The summed E-state index contributed by atoms with van der Waals surface area (Å²) in [6, 6.07) is 0. The Morgan fingerprint density at radius 3 is 1.81 bits per heavy atom. The van der Waals surface area contributed by atoms with Crippen molar-refractivity contribution in [3.05, 3.63) is 0 Å². The zero-order valence-corrected chi connectivity index (χ0v) is 12.5. The van der Waals surface area contributed by atoms with Gasteiger partial charge in [-0.05, 0) is 46.0 Å². The van der Waals surface area contributed by atoms with E-state index in [1.807, 2.05) is 27.7 Å². The molecule has 0 amide bonds. The Balaban J connectivity index is 4.23. The van der Waals surface area contributed by atoms with E-state index in [4.69, 9.17) is 21.4 Å². The molecule has 16 heavy (non-hydrogen) atoms. The Hall–Kier alpha value is 0.210. The minimum Gasteiger partial charge on any atom is -0.232 e. The molecule has 3 heteroatoms. The van der Waals surface area contributed by atoms with Gasteiger partial charge in [0.1, 0.15) is 0 Å². The van der Waals surface area contributed by atoms with Gasteiger partial charge in [-0.3, -0.25) is 0 Å². The molecule has 2 atom stereocenters. The smallest absolute Gasteiger partial charge is 0.0978 e. The first-order valence-corrected chi connectivity index (χ1v) is 6.44. The minimum absolute atomic E-state index is 0.0665. The molecule has 0 aromatic carbocycles. The van der Waals surface area contributed by atoms with Crippen molar-refractivity contribution < 1.29 is 9.78 Å². The van der Waals surface area contributed by atoms with Crippen LogP contribution in [0.1, 0.15) is 61.3 Å². The van der Waals surface area contributed by atoms with E-state index in [1.165, 1.54) is 0 Å². The number of rotatable bonds is 5. The third-order valence-corrected chi connectivity index (χ3v) is 2.43. The summed E-state index contributed by atoms with van der Waals surface area (Å²) in [5.41, 5.74) is -0.201. The molecule has 0 heterocycles. The van der Waals surface area contributed by atoms with Gasteiger partial charge in [0.05, 0.1) is 11.7 Å². The van der Waals surface area contributed by atoms with Crippen molar-refractivity contribution >= 4 is 11.6 Å². The number of halogens is 1. The molecule has 0 aliphatic heterocycles. The highest BCUT2D eigenvalue weighted by Gasteiger charge is 2.28. The first-order valence-electron chi connectivity index (χ1n) is 6.01. The molecule has 0 aromatic heterocycles. The Labute approximate surface area is 106 Å². The molecular formula is C13H27ClO2. The van der Waals surface area contributed by atoms with E-state index in [2.05, 4.69) is 20.8 Å². The van der Waals surface area contributed by atoms with Crippen LogP contribution in [0.25, 0.3) is 0 Å². The summed E-state index contributed by atoms with van der Waals surface area (Å²) >= 11 is 5.97. The summed E-state index contributed by atoms with van der Waals surface area (Å²) in [5.74, 6) is 0. The molecule has 0 N–H and O–H groups in total. The zero-order chi connectivity index (χ0) is 13.0. The molecule has 0 aliphatic rings. The highest BCUT2D eigenvalue weighted by Crippen LogP contribution is 2.28. The zero-order valence-electron chi connectivity index (χ0n) is 11.8. The molecular weight excluding hydrogens is 224 g/mol. The Bertz CT molecular complexity index is 189. The van der Waals surface area contributed by atoms with Crippen LogP contribution in [-0.4, -0.2) is 17.1 Å². The first kappa shape index (κ1) is 16.2. The lowest BCUT2D eigenvalue weighted by Crippen LogP contribution is -2.33. The topological polar surface area (TPSA) is 18.5 Å². The van der Waals surface area contributed by atoms with Crippen molar-refractivity contribution in [2.24, 2.45) is 5.41 Å². The molecule has 0 aliphatic carbocycles. The van der Waals surface area contributed by atoms with Gasteiger partial charge in [0.2, 0.25) is 0 Å². The minimum atomic E-state index is -0.268. The van der Waals surface area contributed by atoms with Crippen LogP contribution >= 0.6 is 11.6 Å². The predicted octanol–water partition coefficient (Wildman–Crippen LogP) is 4.56. The highest BCUT2D eigenvalue weighted by atomic mass is 35.5. The molecule has 0 fully saturated rings. The monoisotopic (exact) mass is 250 g/mol. The van der Waals surface area contributed by atoms with Crippen LogP contribution in [0.5, 0.6) is 0 Å². The van der Waals surface area contributed by atoms with Crippen LogP contribution in [0, 0.1) is 5.41 Å². The maximum Gasteiger partial charge on any atom is 0.0978 e. The van der Waals surface area contributed by atoms with E-state index >= 15 is 0 Å². The first-order chi connectivity index (χ1) is 7.02. The van der Waals surface area contributed by atoms with E-state index in [1.54, 1.807) is 0 Å². The fourth-order valence-electron chi connectivity index (χ4n) is 1.21. The molecule has 0 bridgehead atoms. The van der Waals surface area contributed by atoms with Gasteiger partial charge in [-0.15, -0.1) is 11.6 Å². The molecule has 2 nitrogen and oxygen atoms in total. The van der Waals surface area contributed by atoms with Gasteiger partial charge in [-0.1, -0.05) is 20.8 Å². The molecule has 0 radical (unpaired) electrons. The lowest BCUT2D eigenvalue weighted by atomic mass is 9.86. The standard InChI is InChI=1S/C13H27ClO2/c1-10(14)8-9-11(12(2,3)4)15-16-13(5,6)7/h10-11H,8-9H2,1-7H3. The summed E-state index contributed by atoms with van der Waals surface area (Å²) in [6.07, 6.45) is 1.94. The summed E-state index contributed by atoms with van der Waals surface area (Å²) < 4.78 is 0. The summed E-state index contributed by atoms with van der Waals surface area (Å²) in [5, 5.41) is 0.183. The van der Waals surface area contributed by atoms with E-state index in [0.717, 1.165) is 12.8 Å². The summed E-state index contributed by atoms with van der Waals surface area (Å²) in [7, 11) is 0. The Morgan fingerprint density at radius 2 is 1.50 bits per heavy atom. The Morgan fingerprint density at radius 1 is 1.00 bits per heavy atom. The number of alkyl halides is 1. The van der Waals surface area contributed by atoms with E-state index < -0.39 is 0 Å². The lowest BCUT2D eigenvalue weighted by Gasteiger charge is -2.32. The van der Waals surface area contributed by atoms with Crippen molar-refractivity contribution in [1.82, 2.24) is 0 Å².